The highest BCUT2D eigenvalue weighted by molar-refractivity contribution is 5.05. The van der Waals surface area contributed by atoms with Gasteiger partial charge >= 0.3 is 0 Å². The normalized spacial score (nSPS) is 54.2. The van der Waals surface area contributed by atoms with Crippen molar-refractivity contribution in [2.45, 2.75) is 44.9 Å². The monoisotopic (exact) mass is 249 g/mol. The molecule has 5 rings (SSSR count). The molecule has 0 aromatic heterocycles. The summed E-state index contributed by atoms with van der Waals surface area (Å²) in [6, 6.07) is 0. The van der Waals surface area contributed by atoms with Gasteiger partial charge in [0.25, 0.3) is 0 Å². The first-order chi connectivity index (χ1) is 8.81. The molecule has 1 heterocycles. The van der Waals surface area contributed by atoms with Gasteiger partial charge in [0.1, 0.15) is 0 Å². The Morgan fingerprint density at radius 3 is 2.17 bits per heavy atom. The zero-order valence-corrected chi connectivity index (χ0v) is 11.4. The Labute approximate surface area is 111 Å². The Balaban J connectivity index is 1.63. The van der Waals surface area contributed by atoms with Crippen LogP contribution in [0.2, 0.25) is 0 Å². The SMILES string of the molecule is NCCC1(C2C3CC4CC(C3)CC2C4)CCOC1. The average molecular weight is 249 g/mol. The largest absolute Gasteiger partial charge is 0.381 e. The van der Waals surface area contributed by atoms with Crippen molar-refractivity contribution in [1.29, 1.82) is 0 Å². The summed E-state index contributed by atoms with van der Waals surface area (Å²) in [5.74, 6) is 5.17. The van der Waals surface area contributed by atoms with Gasteiger partial charge in [-0.1, -0.05) is 0 Å². The Morgan fingerprint density at radius 2 is 1.67 bits per heavy atom. The van der Waals surface area contributed by atoms with Gasteiger partial charge in [-0.15, -0.1) is 0 Å². The third kappa shape index (κ3) is 1.61. The molecule has 5 fully saturated rings. The number of hydrogen-bond acceptors (Lipinski definition) is 2. The quantitative estimate of drug-likeness (QED) is 0.834. The lowest BCUT2D eigenvalue weighted by Gasteiger charge is -2.59. The van der Waals surface area contributed by atoms with E-state index in [-0.39, 0.29) is 0 Å². The van der Waals surface area contributed by atoms with Crippen molar-refractivity contribution >= 4 is 0 Å². The van der Waals surface area contributed by atoms with Crippen LogP contribution in [-0.2, 0) is 4.74 Å². The number of nitrogens with two attached hydrogens (primary N) is 1. The predicted octanol–water partition coefficient (Wildman–Crippen LogP) is 2.81. The Hall–Kier alpha value is -0.0800. The molecular weight excluding hydrogens is 222 g/mol. The van der Waals surface area contributed by atoms with E-state index in [0.717, 1.165) is 49.3 Å². The van der Waals surface area contributed by atoms with E-state index in [1.54, 1.807) is 6.42 Å². The molecule has 5 aliphatic rings. The Kier molecular flexibility index (Phi) is 2.74. The van der Waals surface area contributed by atoms with E-state index in [9.17, 15) is 0 Å². The fraction of sp³-hybridized carbons (Fsp3) is 1.00. The first-order valence-electron chi connectivity index (χ1n) is 8.08. The first kappa shape index (κ1) is 11.7. The summed E-state index contributed by atoms with van der Waals surface area (Å²) in [6.45, 7) is 2.85. The summed E-state index contributed by atoms with van der Waals surface area (Å²) >= 11 is 0. The highest BCUT2D eigenvalue weighted by Crippen LogP contribution is 2.62. The minimum Gasteiger partial charge on any atom is -0.381 e. The van der Waals surface area contributed by atoms with Crippen LogP contribution in [0.3, 0.4) is 0 Å². The minimum absolute atomic E-state index is 0.470. The molecule has 1 saturated heterocycles. The molecule has 4 bridgehead atoms. The smallest absolute Gasteiger partial charge is 0.0526 e. The molecule has 2 nitrogen and oxygen atoms in total. The van der Waals surface area contributed by atoms with Gasteiger partial charge in [-0.3, -0.25) is 0 Å². The summed E-state index contributed by atoms with van der Waals surface area (Å²) in [6.07, 6.45) is 10.2. The lowest BCUT2D eigenvalue weighted by Crippen LogP contribution is -2.52. The van der Waals surface area contributed by atoms with Crippen molar-refractivity contribution in [3.05, 3.63) is 0 Å². The van der Waals surface area contributed by atoms with E-state index in [1.807, 2.05) is 0 Å². The molecule has 0 aromatic carbocycles. The summed E-state index contributed by atoms with van der Waals surface area (Å²) in [5, 5.41) is 0. The fourth-order valence-electron chi connectivity index (χ4n) is 6.46. The summed E-state index contributed by atoms with van der Waals surface area (Å²) in [4.78, 5) is 0. The van der Waals surface area contributed by atoms with Gasteiger partial charge in [0, 0.05) is 12.0 Å². The predicted molar refractivity (Wildman–Crippen MR) is 72.1 cm³/mol. The van der Waals surface area contributed by atoms with Gasteiger partial charge in [0.2, 0.25) is 0 Å². The van der Waals surface area contributed by atoms with Crippen LogP contribution in [0.25, 0.3) is 0 Å². The molecule has 0 radical (unpaired) electrons. The Morgan fingerprint density at radius 1 is 1.00 bits per heavy atom. The maximum atomic E-state index is 5.93. The molecule has 1 unspecified atom stereocenters. The van der Waals surface area contributed by atoms with Crippen LogP contribution in [0.15, 0.2) is 0 Å². The molecule has 0 spiro atoms. The second-order valence-electron chi connectivity index (χ2n) is 7.66. The van der Waals surface area contributed by atoms with Crippen LogP contribution in [0.1, 0.15) is 44.9 Å². The molecule has 18 heavy (non-hydrogen) atoms. The van der Waals surface area contributed by atoms with Crippen LogP contribution >= 0.6 is 0 Å². The van der Waals surface area contributed by atoms with Crippen LogP contribution in [-0.4, -0.2) is 19.8 Å². The molecule has 1 atom stereocenters. The molecule has 4 saturated carbocycles. The second-order valence-corrected chi connectivity index (χ2v) is 7.66. The first-order valence-corrected chi connectivity index (χ1v) is 8.08. The van der Waals surface area contributed by atoms with Crippen molar-refractivity contribution in [3.63, 3.8) is 0 Å². The highest BCUT2D eigenvalue weighted by Gasteiger charge is 2.56. The summed E-state index contributed by atoms with van der Waals surface area (Å²) < 4.78 is 5.81. The van der Waals surface area contributed by atoms with Crippen LogP contribution in [0.5, 0.6) is 0 Å². The van der Waals surface area contributed by atoms with E-state index in [2.05, 4.69) is 0 Å². The van der Waals surface area contributed by atoms with Gasteiger partial charge in [-0.25, -0.2) is 0 Å². The third-order valence-corrected chi connectivity index (χ3v) is 6.71. The molecule has 1 aliphatic heterocycles. The zero-order valence-electron chi connectivity index (χ0n) is 11.4. The van der Waals surface area contributed by atoms with Crippen LogP contribution in [0.4, 0.5) is 0 Å². The van der Waals surface area contributed by atoms with Crippen molar-refractivity contribution in [3.8, 4) is 0 Å². The maximum absolute atomic E-state index is 5.93. The highest BCUT2D eigenvalue weighted by atomic mass is 16.5. The molecule has 0 amide bonds. The third-order valence-electron chi connectivity index (χ3n) is 6.71. The molecule has 2 heteroatoms. The second kappa shape index (κ2) is 4.21. The summed E-state index contributed by atoms with van der Waals surface area (Å²) in [5.41, 5.74) is 6.40. The molecule has 4 aliphatic carbocycles. The van der Waals surface area contributed by atoms with Crippen molar-refractivity contribution in [2.75, 3.05) is 19.8 Å². The van der Waals surface area contributed by atoms with Gasteiger partial charge in [0.05, 0.1) is 6.61 Å². The van der Waals surface area contributed by atoms with Crippen molar-refractivity contribution in [1.82, 2.24) is 0 Å². The number of hydrogen-bond donors (Lipinski definition) is 1. The van der Waals surface area contributed by atoms with E-state index >= 15 is 0 Å². The van der Waals surface area contributed by atoms with E-state index in [0.29, 0.717) is 5.41 Å². The standard InChI is InChI=1S/C16H27NO/c17-3-1-16(2-4-18-10-16)15-13-6-11-5-12(8-13)9-14(15)7-11/h11-15H,1-10,17H2. The van der Waals surface area contributed by atoms with Crippen LogP contribution in [0, 0.1) is 35.0 Å². The van der Waals surface area contributed by atoms with Crippen molar-refractivity contribution in [2.24, 2.45) is 40.7 Å². The average Bonchev–Trinajstić information content (AvgIpc) is 2.77. The van der Waals surface area contributed by atoms with E-state index < -0.39 is 0 Å². The maximum Gasteiger partial charge on any atom is 0.0526 e. The molecule has 2 N–H and O–H groups in total. The molecule has 102 valence electrons. The lowest BCUT2D eigenvalue weighted by atomic mass is 9.46. The summed E-state index contributed by atoms with van der Waals surface area (Å²) in [7, 11) is 0. The molecular formula is C16H27NO. The lowest BCUT2D eigenvalue weighted by molar-refractivity contribution is -0.100. The Bertz CT molecular complexity index is 293. The fourth-order valence-corrected chi connectivity index (χ4v) is 6.46. The van der Waals surface area contributed by atoms with Gasteiger partial charge < -0.3 is 10.5 Å². The van der Waals surface area contributed by atoms with E-state index in [4.69, 9.17) is 10.5 Å². The van der Waals surface area contributed by atoms with Gasteiger partial charge in [0.15, 0.2) is 0 Å². The van der Waals surface area contributed by atoms with Gasteiger partial charge in [-0.2, -0.15) is 0 Å². The van der Waals surface area contributed by atoms with E-state index in [1.165, 1.54) is 38.5 Å². The number of rotatable bonds is 3. The van der Waals surface area contributed by atoms with Gasteiger partial charge in [-0.05, 0) is 81.1 Å². The number of ether oxygens (including phenoxy) is 1. The zero-order chi connectivity index (χ0) is 12.2. The van der Waals surface area contributed by atoms with Crippen LogP contribution < -0.4 is 5.73 Å². The minimum atomic E-state index is 0.470. The topological polar surface area (TPSA) is 35.2 Å². The van der Waals surface area contributed by atoms with Crippen molar-refractivity contribution < 1.29 is 4.74 Å². The molecule has 0 aromatic rings.